The summed E-state index contributed by atoms with van der Waals surface area (Å²) in [6.07, 6.45) is 0.764. The average Bonchev–Trinajstić information content (AvgIpc) is 2.76. The molecule has 0 spiro atoms. The molecule has 3 aromatic carbocycles. The maximum absolute atomic E-state index is 12.2. The molecule has 0 fully saturated rings. The summed E-state index contributed by atoms with van der Waals surface area (Å²) >= 11 is 0. The van der Waals surface area contributed by atoms with E-state index in [9.17, 15) is 19.5 Å². The highest BCUT2D eigenvalue weighted by atomic mass is 16.5. The van der Waals surface area contributed by atoms with E-state index in [2.05, 4.69) is 10.6 Å². The third kappa shape index (κ3) is 5.14. The van der Waals surface area contributed by atoms with Gasteiger partial charge in [0.2, 0.25) is 5.91 Å². The molecule has 0 atom stereocenters. The number of hydrogen-bond acceptors (Lipinski definition) is 5. The number of amides is 2. The molecule has 0 aliphatic rings. The molecule has 7 nitrogen and oxygen atoms in total. The molecule has 3 aromatic rings. The maximum Gasteiger partial charge on any atom is 0.342 e. The highest BCUT2D eigenvalue weighted by molar-refractivity contribution is 5.99. The van der Waals surface area contributed by atoms with Gasteiger partial charge in [-0.25, -0.2) is 4.79 Å². The van der Waals surface area contributed by atoms with Gasteiger partial charge in [-0.3, -0.25) is 9.59 Å². The number of aryl methyl sites for hydroxylation is 1. The average molecular weight is 406 g/mol. The van der Waals surface area contributed by atoms with Crippen LogP contribution in [0.5, 0.6) is 5.75 Å². The van der Waals surface area contributed by atoms with E-state index in [-0.39, 0.29) is 23.8 Å². The zero-order valence-electron chi connectivity index (χ0n) is 16.5. The van der Waals surface area contributed by atoms with Crippen molar-refractivity contribution in [3.8, 4) is 5.75 Å². The zero-order valence-corrected chi connectivity index (χ0v) is 16.5. The number of benzene rings is 3. The van der Waals surface area contributed by atoms with Crippen molar-refractivity contribution in [3.63, 3.8) is 0 Å². The van der Waals surface area contributed by atoms with Crippen LogP contribution in [0.15, 0.2) is 60.7 Å². The Morgan fingerprint density at radius 2 is 1.60 bits per heavy atom. The first kappa shape index (κ1) is 20.9. The maximum atomic E-state index is 12.2. The molecular formula is C23H22N2O5. The predicted molar refractivity (Wildman–Crippen MR) is 113 cm³/mol. The number of ether oxygens (including phenoxy) is 1. The first-order valence-electron chi connectivity index (χ1n) is 9.51. The second-order valence-corrected chi connectivity index (χ2v) is 6.63. The first-order chi connectivity index (χ1) is 14.5. The SMILES string of the molecule is CCc1ccccc1NC(=O)CNC(=O)COC(=O)c1cc2ccccc2cc1O. The number of carbonyl (C=O) groups is 3. The van der Waals surface area contributed by atoms with Crippen molar-refractivity contribution in [1.82, 2.24) is 5.32 Å². The van der Waals surface area contributed by atoms with E-state index in [0.717, 1.165) is 22.8 Å². The van der Waals surface area contributed by atoms with Crippen molar-refractivity contribution in [3.05, 3.63) is 71.8 Å². The van der Waals surface area contributed by atoms with Gasteiger partial charge in [-0.2, -0.15) is 0 Å². The van der Waals surface area contributed by atoms with Gasteiger partial charge in [-0.1, -0.05) is 49.4 Å². The third-order valence-corrected chi connectivity index (χ3v) is 4.54. The minimum absolute atomic E-state index is 0.0320. The normalized spacial score (nSPS) is 10.4. The molecule has 0 saturated carbocycles. The molecule has 7 heteroatoms. The summed E-state index contributed by atoms with van der Waals surface area (Å²) in [5.74, 6) is -2.06. The molecule has 0 aliphatic heterocycles. The number of rotatable bonds is 7. The van der Waals surface area contributed by atoms with Gasteiger partial charge in [0.1, 0.15) is 11.3 Å². The molecule has 0 bridgehead atoms. The summed E-state index contributed by atoms with van der Waals surface area (Å²) in [4.78, 5) is 36.2. The zero-order chi connectivity index (χ0) is 21.5. The highest BCUT2D eigenvalue weighted by Crippen LogP contribution is 2.25. The van der Waals surface area contributed by atoms with Crippen LogP contribution in [0.25, 0.3) is 10.8 Å². The highest BCUT2D eigenvalue weighted by Gasteiger charge is 2.16. The predicted octanol–water partition coefficient (Wildman–Crippen LogP) is 3.02. The smallest absolute Gasteiger partial charge is 0.342 e. The van der Waals surface area contributed by atoms with Crippen molar-refractivity contribution in [2.45, 2.75) is 13.3 Å². The Kier molecular flexibility index (Phi) is 6.64. The Bertz CT molecular complexity index is 1090. The summed E-state index contributed by atoms with van der Waals surface area (Å²) in [6.45, 7) is 1.16. The first-order valence-corrected chi connectivity index (χ1v) is 9.51. The van der Waals surface area contributed by atoms with Crippen molar-refractivity contribution in [1.29, 1.82) is 0 Å². The molecule has 30 heavy (non-hydrogen) atoms. The monoisotopic (exact) mass is 406 g/mol. The van der Waals surface area contributed by atoms with Crippen molar-refractivity contribution < 1.29 is 24.2 Å². The Hall–Kier alpha value is -3.87. The van der Waals surface area contributed by atoms with Crippen LogP contribution in [-0.2, 0) is 20.7 Å². The van der Waals surface area contributed by atoms with E-state index in [1.54, 1.807) is 12.1 Å². The molecule has 154 valence electrons. The molecule has 0 unspecified atom stereocenters. The molecule has 3 N–H and O–H groups in total. The quantitative estimate of drug-likeness (QED) is 0.523. The van der Waals surface area contributed by atoms with Crippen LogP contribution in [0.2, 0.25) is 0 Å². The van der Waals surface area contributed by atoms with E-state index >= 15 is 0 Å². The fourth-order valence-corrected chi connectivity index (χ4v) is 2.98. The Morgan fingerprint density at radius 3 is 2.33 bits per heavy atom. The minimum Gasteiger partial charge on any atom is -0.507 e. The van der Waals surface area contributed by atoms with Gasteiger partial charge in [-0.05, 0) is 41.0 Å². The molecule has 0 radical (unpaired) electrons. The van der Waals surface area contributed by atoms with Gasteiger partial charge < -0.3 is 20.5 Å². The number of hydrogen-bond donors (Lipinski definition) is 3. The van der Waals surface area contributed by atoms with Crippen LogP contribution >= 0.6 is 0 Å². The number of carbonyl (C=O) groups excluding carboxylic acids is 3. The number of fused-ring (bicyclic) bond motifs is 1. The minimum atomic E-state index is -0.824. The lowest BCUT2D eigenvalue weighted by molar-refractivity contribution is -0.126. The van der Waals surface area contributed by atoms with E-state index in [0.29, 0.717) is 5.69 Å². The summed E-state index contributed by atoms with van der Waals surface area (Å²) in [6, 6.07) is 17.6. The van der Waals surface area contributed by atoms with Crippen LogP contribution in [0, 0.1) is 0 Å². The van der Waals surface area contributed by atoms with Crippen molar-refractivity contribution in [2.75, 3.05) is 18.5 Å². The van der Waals surface area contributed by atoms with E-state index < -0.39 is 18.5 Å². The number of anilines is 1. The molecule has 2 amide bonds. The van der Waals surface area contributed by atoms with Crippen LogP contribution in [0.4, 0.5) is 5.69 Å². The summed E-state index contributed by atoms with van der Waals surface area (Å²) in [7, 11) is 0. The van der Waals surface area contributed by atoms with Gasteiger partial charge in [0.05, 0.1) is 6.54 Å². The van der Waals surface area contributed by atoms with E-state index in [4.69, 9.17) is 4.74 Å². The van der Waals surface area contributed by atoms with Crippen LogP contribution < -0.4 is 10.6 Å². The molecular weight excluding hydrogens is 384 g/mol. The van der Waals surface area contributed by atoms with E-state index in [1.807, 2.05) is 43.3 Å². The number of aromatic hydroxyl groups is 1. The number of esters is 1. The lowest BCUT2D eigenvalue weighted by Crippen LogP contribution is -2.35. The standard InChI is InChI=1S/C23H22N2O5/c1-2-15-7-5-6-10-19(15)25-21(27)13-24-22(28)14-30-23(29)18-11-16-8-3-4-9-17(16)12-20(18)26/h3-12,26H,2,13-14H2,1H3,(H,24,28)(H,25,27). The van der Waals surface area contributed by atoms with Crippen LogP contribution in [0.3, 0.4) is 0 Å². The van der Waals surface area contributed by atoms with Gasteiger partial charge in [0, 0.05) is 5.69 Å². The van der Waals surface area contributed by atoms with Crippen LogP contribution in [-0.4, -0.2) is 36.0 Å². The van der Waals surface area contributed by atoms with Gasteiger partial charge in [0.15, 0.2) is 6.61 Å². The van der Waals surface area contributed by atoms with Crippen molar-refractivity contribution in [2.24, 2.45) is 0 Å². The van der Waals surface area contributed by atoms with Gasteiger partial charge >= 0.3 is 5.97 Å². The molecule has 0 heterocycles. The Morgan fingerprint density at radius 1 is 0.933 bits per heavy atom. The topological polar surface area (TPSA) is 105 Å². The number of para-hydroxylation sites is 1. The number of nitrogens with one attached hydrogen (secondary N) is 2. The molecule has 0 aliphatic carbocycles. The van der Waals surface area contributed by atoms with Gasteiger partial charge in [-0.15, -0.1) is 0 Å². The lowest BCUT2D eigenvalue weighted by Gasteiger charge is -2.11. The largest absolute Gasteiger partial charge is 0.507 e. The summed E-state index contributed by atoms with van der Waals surface area (Å²) < 4.78 is 4.96. The fourth-order valence-electron chi connectivity index (χ4n) is 2.98. The van der Waals surface area contributed by atoms with E-state index in [1.165, 1.54) is 12.1 Å². The third-order valence-electron chi connectivity index (χ3n) is 4.54. The Labute approximate surface area is 173 Å². The Balaban J connectivity index is 1.50. The molecule has 0 saturated heterocycles. The summed E-state index contributed by atoms with van der Waals surface area (Å²) in [5.41, 5.74) is 1.65. The van der Waals surface area contributed by atoms with Crippen molar-refractivity contribution >= 4 is 34.2 Å². The summed E-state index contributed by atoms with van der Waals surface area (Å²) in [5, 5.41) is 16.7. The second kappa shape index (κ2) is 9.56. The number of phenols is 1. The molecule has 0 aromatic heterocycles. The number of phenolic OH excluding ortho intramolecular Hbond substituents is 1. The fraction of sp³-hybridized carbons (Fsp3) is 0.174. The van der Waals surface area contributed by atoms with Gasteiger partial charge in [0.25, 0.3) is 5.91 Å². The second-order valence-electron chi connectivity index (χ2n) is 6.63. The van der Waals surface area contributed by atoms with Crippen LogP contribution in [0.1, 0.15) is 22.8 Å². The molecule has 3 rings (SSSR count). The lowest BCUT2D eigenvalue weighted by atomic mass is 10.1.